The second kappa shape index (κ2) is 12.5. The number of nitrogens with zero attached hydrogens (tertiary/aromatic N) is 1. The first-order chi connectivity index (χ1) is 23.9. The van der Waals surface area contributed by atoms with Crippen LogP contribution in [0.25, 0.3) is 22.0 Å². The van der Waals surface area contributed by atoms with E-state index < -0.39 is 11.5 Å². The number of aromatic amines is 1. The minimum Gasteiger partial charge on any atom is -0.455 e. The highest BCUT2D eigenvalue weighted by Crippen LogP contribution is 2.47. The molecule has 0 fully saturated rings. The van der Waals surface area contributed by atoms with Gasteiger partial charge in [-0.05, 0) is 64.8 Å². The molecule has 4 aromatic carbocycles. The monoisotopic (exact) mass is 662 g/mol. The number of hydrogen-bond donors (Lipinski definition) is 3. The molecule has 1 aliphatic rings. The molecule has 0 bridgehead atoms. The van der Waals surface area contributed by atoms with Gasteiger partial charge in [0.15, 0.2) is 11.5 Å². The summed E-state index contributed by atoms with van der Waals surface area (Å²) >= 11 is 0. The minimum atomic E-state index is -0.644. The number of ether oxygens (including phenoxy) is 1. The van der Waals surface area contributed by atoms with Gasteiger partial charge in [0.25, 0.3) is 11.5 Å². The van der Waals surface area contributed by atoms with Gasteiger partial charge >= 0.3 is 0 Å². The molecule has 3 N–H and O–H groups in total. The van der Waals surface area contributed by atoms with Crippen molar-refractivity contribution in [2.24, 2.45) is 5.41 Å². The van der Waals surface area contributed by atoms with Crippen LogP contribution in [0.2, 0.25) is 0 Å². The van der Waals surface area contributed by atoms with Gasteiger partial charge in [0.1, 0.15) is 17.1 Å². The van der Waals surface area contributed by atoms with E-state index in [-0.39, 0.29) is 22.2 Å². The fourth-order valence-electron chi connectivity index (χ4n) is 7.20. The Hall–Kier alpha value is -6.02. The largest absolute Gasteiger partial charge is 0.455 e. The Bertz CT molecular complexity index is 2320. The van der Waals surface area contributed by atoms with E-state index in [2.05, 4.69) is 67.4 Å². The standard InChI is InChI=1S/C42H38N4O4/c1-41(2,3)24-42(4,5)25-18-20-27(21-19-25)50-31-23-30(44-26-13-7-6-8-14-26)34-35-33(28-15-9-10-16-29(28)38(34)47)36(40(49)46-37(31)35)39(48)45-32-17-11-12-22-43-32/h6-23,44H,24H2,1-5H3,(H,46,49)(H,43,45,48). The predicted octanol–water partition coefficient (Wildman–Crippen LogP) is 9.64. The number of rotatable bonds is 8. The summed E-state index contributed by atoms with van der Waals surface area (Å²) < 4.78 is 6.56. The van der Waals surface area contributed by atoms with Crippen molar-refractivity contribution in [1.29, 1.82) is 0 Å². The maximum atomic E-state index is 14.4. The molecule has 0 aliphatic heterocycles. The van der Waals surface area contributed by atoms with Crippen molar-refractivity contribution in [2.75, 3.05) is 10.6 Å². The van der Waals surface area contributed by atoms with Crippen LogP contribution < -0.4 is 20.9 Å². The number of H-pyrrole nitrogens is 1. The first-order valence-corrected chi connectivity index (χ1v) is 16.6. The van der Waals surface area contributed by atoms with Crippen molar-refractivity contribution in [3.8, 4) is 22.6 Å². The van der Waals surface area contributed by atoms with Crippen LogP contribution in [0.3, 0.4) is 0 Å². The van der Waals surface area contributed by atoms with Crippen LogP contribution in [0, 0.1) is 5.41 Å². The third-order valence-corrected chi connectivity index (χ3v) is 8.95. The number of para-hydroxylation sites is 1. The molecule has 50 heavy (non-hydrogen) atoms. The Labute approximate surface area is 290 Å². The van der Waals surface area contributed by atoms with E-state index in [1.54, 1.807) is 54.7 Å². The second-order valence-electron chi connectivity index (χ2n) is 14.5. The third-order valence-electron chi connectivity index (χ3n) is 8.95. The number of fused-ring (bicyclic) bond motifs is 2. The van der Waals surface area contributed by atoms with Gasteiger partial charge in [-0.25, -0.2) is 4.98 Å². The Kier molecular flexibility index (Phi) is 8.10. The summed E-state index contributed by atoms with van der Waals surface area (Å²) in [5, 5.41) is 6.59. The number of nitrogens with one attached hydrogen (secondary N) is 3. The number of benzene rings is 4. The summed E-state index contributed by atoms with van der Waals surface area (Å²) in [4.78, 5) is 49.5. The lowest BCUT2D eigenvalue weighted by Gasteiger charge is -2.33. The quantitative estimate of drug-likeness (QED) is 0.149. The van der Waals surface area contributed by atoms with Gasteiger partial charge in [-0.2, -0.15) is 0 Å². The maximum Gasteiger partial charge on any atom is 0.263 e. The molecule has 2 aromatic heterocycles. The molecule has 6 aromatic rings. The van der Waals surface area contributed by atoms with Crippen molar-refractivity contribution in [3.05, 3.63) is 142 Å². The Balaban J connectivity index is 1.44. The fourth-order valence-corrected chi connectivity index (χ4v) is 7.20. The van der Waals surface area contributed by atoms with Crippen LogP contribution in [0.15, 0.2) is 114 Å². The third kappa shape index (κ3) is 6.16. The summed E-state index contributed by atoms with van der Waals surface area (Å²) in [5.74, 6) is 0.294. The highest BCUT2D eigenvalue weighted by atomic mass is 16.5. The molecule has 0 saturated carbocycles. The number of carbonyl (C=O) groups excluding carboxylic acids is 2. The molecule has 7 rings (SSSR count). The SMILES string of the molecule is CC(C)(C)CC(C)(C)c1ccc(Oc2cc(Nc3ccccc3)c3c4c(c(C(=O)Nc5ccccn5)c(=O)[nH]c24)-c2ccccc2C3=O)cc1. The van der Waals surface area contributed by atoms with Gasteiger partial charge in [-0.15, -0.1) is 0 Å². The van der Waals surface area contributed by atoms with Gasteiger partial charge in [-0.1, -0.05) is 95.3 Å². The molecule has 0 saturated heterocycles. The Morgan fingerprint density at radius 1 is 0.800 bits per heavy atom. The molecular weight excluding hydrogens is 624 g/mol. The molecule has 1 amide bonds. The van der Waals surface area contributed by atoms with Crippen LogP contribution in [0.4, 0.5) is 17.2 Å². The van der Waals surface area contributed by atoms with Gasteiger partial charge in [0, 0.05) is 34.5 Å². The van der Waals surface area contributed by atoms with Crippen LogP contribution >= 0.6 is 0 Å². The van der Waals surface area contributed by atoms with Gasteiger partial charge in [0.2, 0.25) is 0 Å². The van der Waals surface area contributed by atoms with Crippen molar-refractivity contribution >= 4 is 39.8 Å². The Morgan fingerprint density at radius 2 is 1.48 bits per heavy atom. The molecule has 2 heterocycles. The number of amides is 1. The first-order valence-electron chi connectivity index (χ1n) is 16.6. The van der Waals surface area contributed by atoms with Gasteiger partial charge in [0.05, 0.1) is 16.8 Å². The van der Waals surface area contributed by atoms with Crippen LogP contribution in [-0.2, 0) is 5.41 Å². The molecule has 0 atom stereocenters. The zero-order valence-corrected chi connectivity index (χ0v) is 28.7. The summed E-state index contributed by atoms with van der Waals surface area (Å²) in [6.07, 6.45) is 2.55. The smallest absolute Gasteiger partial charge is 0.263 e. The van der Waals surface area contributed by atoms with Crippen LogP contribution in [0.1, 0.15) is 72.9 Å². The molecule has 0 spiro atoms. The van der Waals surface area contributed by atoms with Crippen LogP contribution in [0.5, 0.6) is 11.5 Å². The average molecular weight is 663 g/mol. The average Bonchev–Trinajstić information content (AvgIpc) is 3.08. The van der Waals surface area contributed by atoms with Crippen molar-refractivity contribution in [1.82, 2.24) is 9.97 Å². The lowest BCUT2D eigenvalue weighted by Crippen LogP contribution is -2.27. The van der Waals surface area contributed by atoms with E-state index in [0.717, 1.165) is 12.1 Å². The highest BCUT2D eigenvalue weighted by molar-refractivity contribution is 6.31. The first kappa shape index (κ1) is 32.5. The lowest BCUT2D eigenvalue weighted by atomic mass is 9.72. The van der Waals surface area contributed by atoms with E-state index in [4.69, 9.17) is 4.74 Å². The lowest BCUT2D eigenvalue weighted by molar-refractivity contribution is 0.102. The molecule has 0 radical (unpaired) electrons. The number of ketones is 1. The molecule has 8 nitrogen and oxygen atoms in total. The topological polar surface area (TPSA) is 113 Å². The normalized spacial score (nSPS) is 12.4. The van der Waals surface area contributed by atoms with Crippen molar-refractivity contribution in [2.45, 2.75) is 46.5 Å². The van der Waals surface area contributed by atoms with Crippen molar-refractivity contribution < 1.29 is 14.3 Å². The summed E-state index contributed by atoms with van der Waals surface area (Å²) in [6.45, 7) is 11.2. The number of aromatic nitrogens is 2. The van der Waals surface area contributed by atoms with Gasteiger partial charge in [-0.3, -0.25) is 14.4 Å². The number of hydrogen-bond acceptors (Lipinski definition) is 6. The summed E-state index contributed by atoms with van der Waals surface area (Å²) in [5.41, 5.74) is 3.62. The Morgan fingerprint density at radius 3 is 2.16 bits per heavy atom. The fraction of sp³-hybridized carbons (Fsp3) is 0.190. The molecule has 250 valence electrons. The number of pyridine rings is 2. The van der Waals surface area contributed by atoms with E-state index in [9.17, 15) is 14.4 Å². The summed E-state index contributed by atoms with van der Waals surface area (Å²) in [6, 6.07) is 31.4. The van der Waals surface area contributed by atoms with E-state index in [1.165, 1.54) is 5.56 Å². The molecule has 1 aliphatic carbocycles. The van der Waals surface area contributed by atoms with Crippen LogP contribution in [-0.4, -0.2) is 21.7 Å². The zero-order chi connectivity index (χ0) is 35.2. The molecule has 8 heteroatoms. The predicted molar refractivity (Wildman–Crippen MR) is 199 cm³/mol. The minimum absolute atomic E-state index is 0.0605. The van der Waals surface area contributed by atoms with E-state index >= 15 is 0 Å². The van der Waals surface area contributed by atoms with Gasteiger partial charge < -0.3 is 20.4 Å². The van der Waals surface area contributed by atoms with E-state index in [1.807, 2.05) is 42.5 Å². The second-order valence-corrected chi connectivity index (χ2v) is 14.5. The zero-order valence-electron chi connectivity index (χ0n) is 28.7. The maximum absolute atomic E-state index is 14.4. The highest BCUT2D eigenvalue weighted by Gasteiger charge is 2.35. The molecular formula is C42H38N4O4. The van der Waals surface area contributed by atoms with E-state index in [0.29, 0.717) is 56.2 Å². The van der Waals surface area contributed by atoms with Crippen molar-refractivity contribution in [3.63, 3.8) is 0 Å². The summed E-state index contributed by atoms with van der Waals surface area (Å²) in [7, 11) is 0. The molecule has 0 unspecified atom stereocenters. The number of anilines is 3. The number of carbonyl (C=O) groups is 2.